The Balaban J connectivity index is 2.05. The van der Waals surface area contributed by atoms with Crippen LogP contribution in [0.15, 0.2) is 59.6 Å². The van der Waals surface area contributed by atoms with E-state index in [1.807, 2.05) is 6.07 Å². The molecule has 2 aromatic rings. The highest BCUT2D eigenvalue weighted by molar-refractivity contribution is 6.30. The number of nitrogens with one attached hydrogen (secondary N) is 1. The van der Waals surface area contributed by atoms with E-state index in [9.17, 15) is 9.59 Å². The Labute approximate surface area is 145 Å². The van der Waals surface area contributed by atoms with Gasteiger partial charge in [0.2, 0.25) is 5.90 Å². The maximum atomic E-state index is 12.2. The minimum Gasteiger partial charge on any atom is -0.481 e. The first-order valence-corrected chi connectivity index (χ1v) is 7.81. The van der Waals surface area contributed by atoms with Crippen molar-refractivity contribution in [2.24, 2.45) is 4.99 Å². The first-order chi connectivity index (χ1) is 11.6. The maximum Gasteiger partial charge on any atom is 0.348 e. The number of aliphatic imine (C=N–C) groups is 1. The molecule has 0 radical (unpaired) electrons. The molecule has 0 aromatic heterocycles. The molecule has 0 bridgehead atoms. The number of ether oxygens (including phenoxy) is 1. The SMILES string of the molecule is CCOC(CC(=O)c1ccccc1)=NC(=O)Nc1ccc(Cl)cc1. The lowest BCUT2D eigenvalue weighted by Crippen LogP contribution is -2.16. The summed E-state index contributed by atoms with van der Waals surface area (Å²) >= 11 is 5.79. The summed E-state index contributed by atoms with van der Waals surface area (Å²) in [5, 5.41) is 3.16. The molecule has 6 heteroatoms. The van der Waals surface area contributed by atoms with E-state index in [0.29, 0.717) is 22.9 Å². The Morgan fingerprint density at radius 2 is 1.75 bits per heavy atom. The Morgan fingerprint density at radius 3 is 2.38 bits per heavy atom. The van der Waals surface area contributed by atoms with Gasteiger partial charge in [0, 0.05) is 16.3 Å². The topological polar surface area (TPSA) is 67.8 Å². The largest absolute Gasteiger partial charge is 0.481 e. The van der Waals surface area contributed by atoms with Crippen LogP contribution in [0.4, 0.5) is 10.5 Å². The van der Waals surface area contributed by atoms with Crippen molar-refractivity contribution in [1.29, 1.82) is 0 Å². The van der Waals surface area contributed by atoms with E-state index in [4.69, 9.17) is 16.3 Å². The molecule has 0 aliphatic rings. The van der Waals surface area contributed by atoms with Gasteiger partial charge >= 0.3 is 6.03 Å². The third-order valence-corrected chi connectivity index (χ3v) is 3.29. The molecule has 0 aliphatic heterocycles. The summed E-state index contributed by atoms with van der Waals surface area (Å²) in [6.45, 7) is 2.08. The molecule has 2 aromatic carbocycles. The molecule has 5 nitrogen and oxygen atoms in total. The number of carbonyl (C=O) groups excluding carboxylic acids is 2. The molecular formula is C18H17ClN2O3. The van der Waals surface area contributed by atoms with Gasteiger partial charge in [0.1, 0.15) is 0 Å². The lowest BCUT2D eigenvalue weighted by atomic mass is 10.1. The van der Waals surface area contributed by atoms with Crippen molar-refractivity contribution in [3.63, 3.8) is 0 Å². The van der Waals surface area contributed by atoms with Crippen molar-refractivity contribution in [2.45, 2.75) is 13.3 Å². The van der Waals surface area contributed by atoms with Gasteiger partial charge < -0.3 is 10.1 Å². The number of anilines is 1. The number of hydrogen-bond donors (Lipinski definition) is 1. The smallest absolute Gasteiger partial charge is 0.348 e. The summed E-state index contributed by atoms with van der Waals surface area (Å²) in [7, 11) is 0. The zero-order chi connectivity index (χ0) is 17.4. The fourth-order valence-electron chi connectivity index (χ4n) is 1.95. The predicted octanol–water partition coefficient (Wildman–Crippen LogP) is 4.58. The van der Waals surface area contributed by atoms with E-state index in [1.54, 1.807) is 55.5 Å². The Bertz CT molecular complexity index is 728. The van der Waals surface area contributed by atoms with Crippen LogP contribution in [0.1, 0.15) is 23.7 Å². The Kier molecular flexibility index (Phi) is 6.51. The second-order valence-electron chi connectivity index (χ2n) is 4.84. The number of amides is 2. The molecule has 0 saturated carbocycles. The minimum atomic E-state index is -0.610. The van der Waals surface area contributed by atoms with Crippen LogP contribution >= 0.6 is 11.6 Å². The molecule has 0 aliphatic carbocycles. The number of halogens is 1. The molecule has 0 unspecified atom stereocenters. The van der Waals surface area contributed by atoms with Crippen LogP contribution in [0.2, 0.25) is 5.02 Å². The fraction of sp³-hybridized carbons (Fsp3) is 0.167. The summed E-state index contributed by atoms with van der Waals surface area (Å²) in [5.74, 6) is -0.0834. The fourth-order valence-corrected chi connectivity index (χ4v) is 2.08. The van der Waals surface area contributed by atoms with Crippen LogP contribution in [0.25, 0.3) is 0 Å². The van der Waals surface area contributed by atoms with Gasteiger partial charge in [-0.15, -0.1) is 0 Å². The lowest BCUT2D eigenvalue weighted by Gasteiger charge is -2.07. The van der Waals surface area contributed by atoms with E-state index in [2.05, 4.69) is 10.3 Å². The highest BCUT2D eigenvalue weighted by Crippen LogP contribution is 2.13. The van der Waals surface area contributed by atoms with Crippen LogP contribution in [0.3, 0.4) is 0 Å². The number of benzene rings is 2. The number of hydrogen-bond acceptors (Lipinski definition) is 3. The van der Waals surface area contributed by atoms with E-state index >= 15 is 0 Å². The molecule has 0 heterocycles. The third-order valence-electron chi connectivity index (χ3n) is 3.04. The number of ketones is 1. The molecule has 124 valence electrons. The number of nitrogens with zero attached hydrogens (tertiary/aromatic N) is 1. The van der Waals surface area contributed by atoms with E-state index in [0.717, 1.165) is 0 Å². The van der Waals surface area contributed by atoms with Crippen LogP contribution < -0.4 is 5.32 Å². The highest BCUT2D eigenvalue weighted by Gasteiger charge is 2.13. The second-order valence-corrected chi connectivity index (χ2v) is 5.28. The van der Waals surface area contributed by atoms with Crippen LogP contribution in [-0.4, -0.2) is 24.3 Å². The zero-order valence-corrected chi connectivity index (χ0v) is 13.9. The average molecular weight is 345 g/mol. The van der Waals surface area contributed by atoms with Gasteiger partial charge in [0.15, 0.2) is 5.78 Å². The Morgan fingerprint density at radius 1 is 1.08 bits per heavy atom. The lowest BCUT2D eigenvalue weighted by molar-refractivity contribution is 0.0993. The van der Waals surface area contributed by atoms with Crippen molar-refractivity contribution in [3.05, 3.63) is 65.2 Å². The van der Waals surface area contributed by atoms with Crippen LogP contribution in [0.5, 0.6) is 0 Å². The minimum absolute atomic E-state index is 0.0775. The molecule has 0 spiro atoms. The summed E-state index contributed by atoms with van der Waals surface area (Å²) in [6, 6.07) is 14.8. The summed E-state index contributed by atoms with van der Waals surface area (Å²) in [5.41, 5.74) is 1.10. The summed E-state index contributed by atoms with van der Waals surface area (Å²) in [6.07, 6.45) is -0.0775. The molecule has 2 amide bonds. The van der Waals surface area contributed by atoms with Gasteiger partial charge in [-0.2, -0.15) is 4.99 Å². The average Bonchev–Trinajstić information content (AvgIpc) is 2.58. The molecule has 2 rings (SSSR count). The first kappa shape index (κ1) is 17.7. The normalized spacial score (nSPS) is 11.0. The summed E-state index contributed by atoms with van der Waals surface area (Å²) < 4.78 is 5.31. The van der Waals surface area contributed by atoms with Gasteiger partial charge in [-0.3, -0.25) is 4.79 Å². The third kappa shape index (κ3) is 5.52. The molecule has 0 fully saturated rings. The standard InChI is InChI=1S/C18H17ClN2O3/c1-2-24-17(12-16(22)13-6-4-3-5-7-13)21-18(23)20-15-10-8-14(19)9-11-15/h3-11H,2,12H2,1H3,(H,20,23). The van der Waals surface area contributed by atoms with Gasteiger partial charge in [-0.1, -0.05) is 41.9 Å². The van der Waals surface area contributed by atoms with Gasteiger partial charge in [0.05, 0.1) is 13.0 Å². The van der Waals surface area contributed by atoms with Crippen molar-refractivity contribution in [1.82, 2.24) is 0 Å². The molecule has 0 atom stereocenters. The molecular weight excluding hydrogens is 328 g/mol. The number of rotatable bonds is 5. The second kappa shape index (κ2) is 8.84. The van der Waals surface area contributed by atoms with Crippen LogP contribution in [-0.2, 0) is 4.74 Å². The van der Waals surface area contributed by atoms with E-state index < -0.39 is 6.03 Å². The zero-order valence-electron chi connectivity index (χ0n) is 13.2. The first-order valence-electron chi connectivity index (χ1n) is 7.43. The monoisotopic (exact) mass is 344 g/mol. The molecule has 24 heavy (non-hydrogen) atoms. The highest BCUT2D eigenvalue weighted by atomic mass is 35.5. The van der Waals surface area contributed by atoms with Gasteiger partial charge in [0.25, 0.3) is 0 Å². The van der Waals surface area contributed by atoms with Crippen LogP contribution in [0, 0.1) is 0 Å². The quantitative estimate of drug-likeness (QED) is 0.490. The van der Waals surface area contributed by atoms with E-state index in [-0.39, 0.29) is 18.1 Å². The van der Waals surface area contributed by atoms with E-state index in [1.165, 1.54) is 0 Å². The molecule has 1 N–H and O–H groups in total. The van der Waals surface area contributed by atoms with Crippen molar-refractivity contribution < 1.29 is 14.3 Å². The van der Waals surface area contributed by atoms with Gasteiger partial charge in [-0.25, -0.2) is 4.79 Å². The van der Waals surface area contributed by atoms with Crippen molar-refractivity contribution >= 4 is 35.0 Å². The predicted molar refractivity (Wildman–Crippen MR) is 94.9 cm³/mol. The van der Waals surface area contributed by atoms with Crippen molar-refractivity contribution in [3.8, 4) is 0 Å². The number of carbonyl (C=O) groups is 2. The van der Waals surface area contributed by atoms with Gasteiger partial charge in [-0.05, 0) is 31.2 Å². The maximum absolute atomic E-state index is 12.2. The van der Waals surface area contributed by atoms with Crippen molar-refractivity contribution in [2.75, 3.05) is 11.9 Å². The number of Topliss-reactive ketones (excluding diaryl/α,β-unsaturated/α-hetero) is 1. The summed E-state index contributed by atoms with van der Waals surface area (Å²) in [4.78, 5) is 28.0. The molecule has 0 saturated heterocycles. The Hall–Kier alpha value is -2.66. The number of urea groups is 1.